The molecule has 6 nitrogen and oxygen atoms in total. The summed E-state index contributed by atoms with van der Waals surface area (Å²) in [5.41, 5.74) is 1.35. The number of aromatic carboxylic acids is 1. The Bertz CT molecular complexity index is 704. The Hall–Kier alpha value is -2.60. The van der Waals surface area contributed by atoms with Crippen molar-refractivity contribution in [3.8, 4) is 0 Å². The molecular weight excluding hydrogens is 284 g/mol. The lowest BCUT2D eigenvalue weighted by molar-refractivity contribution is 0.0696. The molecule has 1 aromatic carbocycles. The molecule has 0 aliphatic heterocycles. The number of rotatable bonds is 5. The van der Waals surface area contributed by atoms with Gasteiger partial charge in [0.2, 0.25) is 0 Å². The quantitative estimate of drug-likeness (QED) is 0.887. The van der Waals surface area contributed by atoms with Crippen LogP contribution in [0.25, 0.3) is 0 Å². The number of carboxylic acid groups (broad SMARTS) is 1. The zero-order chi connectivity index (χ0) is 16.3. The molecule has 0 spiro atoms. The van der Waals surface area contributed by atoms with Crippen LogP contribution < -0.4 is 5.32 Å². The fraction of sp³-hybridized carbons (Fsp3) is 0.250. The minimum Gasteiger partial charge on any atom is -0.478 e. The van der Waals surface area contributed by atoms with Gasteiger partial charge in [-0.3, -0.25) is 4.79 Å². The molecule has 0 atom stereocenters. The van der Waals surface area contributed by atoms with E-state index in [2.05, 4.69) is 5.32 Å². The summed E-state index contributed by atoms with van der Waals surface area (Å²) in [6, 6.07) is 7.92. The molecule has 1 amide bonds. The van der Waals surface area contributed by atoms with Gasteiger partial charge in [-0.2, -0.15) is 0 Å². The predicted molar refractivity (Wildman–Crippen MR) is 82.2 cm³/mol. The van der Waals surface area contributed by atoms with Crippen molar-refractivity contribution in [2.75, 3.05) is 19.4 Å². The molecule has 0 aliphatic carbocycles. The van der Waals surface area contributed by atoms with Crippen molar-refractivity contribution < 1.29 is 19.1 Å². The average Bonchev–Trinajstić information content (AvgIpc) is 2.88. The predicted octanol–water partition coefficient (Wildman–Crippen LogP) is 2.60. The largest absolute Gasteiger partial charge is 0.478 e. The van der Waals surface area contributed by atoms with E-state index in [0.29, 0.717) is 18.0 Å². The van der Waals surface area contributed by atoms with Gasteiger partial charge in [0, 0.05) is 5.69 Å². The summed E-state index contributed by atoms with van der Waals surface area (Å²) in [6.45, 7) is 2.39. The molecule has 0 radical (unpaired) electrons. The summed E-state index contributed by atoms with van der Waals surface area (Å²) >= 11 is 0. The van der Waals surface area contributed by atoms with Gasteiger partial charge in [-0.25, -0.2) is 4.79 Å². The highest BCUT2D eigenvalue weighted by molar-refractivity contribution is 6.03. The van der Waals surface area contributed by atoms with Crippen molar-refractivity contribution in [1.29, 1.82) is 0 Å². The summed E-state index contributed by atoms with van der Waals surface area (Å²) in [5.74, 6) is -0.569. The number of aryl methyl sites for hydroxylation is 1. The maximum Gasteiger partial charge on any atom is 0.335 e. The molecule has 0 bridgehead atoms. The second kappa shape index (κ2) is 6.44. The van der Waals surface area contributed by atoms with Crippen molar-refractivity contribution >= 4 is 17.6 Å². The van der Waals surface area contributed by atoms with Crippen molar-refractivity contribution in [3.05, 3.63) is 53.0 Å². The monoisotopic (exact) mass is 302 g/mol. The number of hydrogen-bond acceptors (Lipinski definition) is 4. The van der Waals surface area contributed by atoms with Crippen LogP contribution in [0, 0.1) is 6.92 Å². The third-order valence-corrected chi connectivity index (χ3v) is 3.09. The van der Waals surface area contributed by atoms with Gasteiger partial charge in [0.05, 0.1) is 12.1 Å². The number of benzene rings is 1. The van der Waals surface area contributed by atoms with Crippen molar-refractivity contribution in [2.45, 2.75) is 13.5 Å². The lowest BCUT2D eigenvalue weighted by Gasteiger charge is -2.08. The number of furan rings is 1. The molecule has 2 N–H and O–H groups in total. The maximum atomic E-state index is 12.2. The number of anilines is 1. The van der Waals surface area contributed by atoms with Crippen molar-refractivity contribution in [3.63, 3.8) is 0 Å². The highest BCUT2D eigenvalue weighted by atomic mass is 16.4. The first-order valence-corrected chi connectivity index (χ1v) is 6.75. The molecule has 116 valence electrons. The minimum absolute atomic E-state index is 0.119. The Morgan fingerprint density at radius 1 is 1.23 bits per heavy atom. The van der Waals surface area contributed by atoms with Crippen LogP contribution in [0.2, 0.25) is 0 Å². The van der Waals surface area contributed by atoms with Crippen LogP contribution in [0.1, 0.15) is 32.2 Å². The smallest absolute Gasteiger partial charge is 0.335 e. The molecule has 0 saturated heterocycles. The number of carbonyl (C=O) groups is 2. The van der Waals surface area contributed by atoms with Gasteiger partial charge in [-0.1, -0.05) is 6.07 Å². The lowest BCUT2D eigenvalue weighted by atomic mass is 10.1. The number of hydrogen-bond donors (Lipinski definition) is 2. The fourth-order valence-corrected chi connectivity index (χ4v) is 1.97. The Morgan fingerprint density at radius 2 is 1.95 bits per heavy atom. The summed E-state index contributed by atoms with van der Waals surface area (Å²) in [6.07, 6.45) is 0. The molecule has 2 rings (SSSR count). The van der Waals surface area contributed by atoms with Crippen LogP contribution in [-0.2, 0) is 6.54 Å². The number of nitrogens with zero attached hydrogens (tertiary/aromatic N) is 1. The van der Waals surface area contributed by atoms with E-state index in [9.17, 15) is 9.59 Å². The van der Waals surface area contributed by atoms with E-state index in [1.54, 1.807) is 25.1 Å². The van der Waals surface area contributed by atoms with E-state index < -0.39 is 11.9 Å². The third-order valence-electron chi connectivity index (χ3n) is 3.09. The van der Waals surface area contributed by atoms with Crippen LogP contribution >= 0.6 is 0 Å². The first-order chi connectivity index (χ1) is 10.4. The molecule has 22 heavy (non-hydrogen) atoms. The van der Waals surface area contributed by atoms with Crippen LogP contribution in [0.3, 0.4) is 0 Å². The highest BCUT2D eigenvalue weighted by Crippen LogP contribution is 2.19. The Labute approximate surface area is 128 Å². The molecule has 0 aliphatic rings. The van der Waals surface area contributed by atoms with Gasteiger partial charge in [-0.15, -0.1) is 0 Å². The second-order valence-electron chi connectivity index (χ2n) is 5.29. The Morgan fingerprint density at radius 3 is 2.59 bits per heavy atom. The molecule has 0 unspecified atom stereocenters. The van der Waals surface area contributed by atoms with Crippen LogP contribution in [0.4, 0.5) is 5.69 Å². The molecule has 0 saturated carbocycles. The van der Waals surface area contributed by atoms with Gasteiger partial charge in [0.15, 0.2) is 5.76 Å². The first kappa shape index (κ1) is 15.8. The van der Waals surface area contributed by atoms with Crippen LogP contribution in [-0.4, -0.2) is 36.0 Å². The zero-order valence-electron chi connectivity index (χ0n) is 12.7. The van der Waals surface area contributed by atoms with Crippen LogP contribution in [0.5, 0.6) is 0 Å². The first-order valence-electron chi connectivity index (χ1n) is 6.75. The maximum absolute atomic E-state index is 12.2. The molecule has 1 heterocycles. The van der Waals surface area contributed by atoms with E-state index in [0.717, 1.165) is 5.56 Å². The summed E-state index contributed by atoms with van der Waals surface area (Å²) in [5, 5.41) is 11.7. The van der Waals surface area contributed by atoms with Gasteiger partial charge in [-0.05, 0) is 50.8 Å². The zero-order valence-corrected chi connectivity index (χ0v) is 12.7. The standard InChI is InChI=1S/C16H18N2O4/c1-10-4-5-11(16(20)21)8-13(10)17-15(19)14-7-6-12(22-14)9-18(2)3/h4-8H,9H2,1-3H3,(H,17,19)(H,20,21). The van der Waals surface area contributed by atoms with Gasteiger partial charge in [0.1, 0.15) is 5.76 Å². The molecule has 6 heteroatoms. The molecule has 2 aromatic rings. The molecule has 1 aromatic heterocycles. The summed E-state index contributed by atoms with van der Waals surface area (Å²) < 4.78 is 5.48. The van der Waals surface area contributed by atoms with Gasteiger partial charge in [0.25, 0.3) is 5.91 Å². The topological polar surface area (TPSA) is 82.8 Å². The number of carboxylic acids is 1. The second-order valence-corrected chi connectivity index (χ2v) is 5.29. The average molecular weight is 302 g/mol. The fourth-order valence-electron chi connectivity index (χ4n) is 1.97. The SMILES string of the molecule is Cc1ccc(C(=O)O)cc1NC(=O)c1ccc(CN(C)C)o1. The number of carbonyl (C=O) groups excluding carboxylic acids is 1. The van der Waals surface area contributed by atoms with E-state index in [4.69, 9.17) is 9.52 Å². The number of nitrogens with one attached hydrogen (secondary N) is 1. The van der Waals surface area contributed by atoms with E-state index >= 15 is 0 Å². The van der Waals surface area contributed by atoms with Gasteiger partial charge >= 0.3 is 5.97 Å². The van der Waals surface area contributed by atoms with Gasteiger partial charge < -0.3 is 19.7 Å². The Balaban J connectivity index is 2.16. The van der Waals surface area contributed by atoms with Crippen LogP contribution in [0.15, 0.2) is 34.7 Å². The third kappa shape index (κ3) is 3.73. The summed E-state index contributed by atoms with van der Waals surface area (Å²) in [4.78, 5) is 25.1. The van der Waals surface area contributed by atoms with E-state index in [1.807, 2.05) is 19.0 Å². The summed E-state index contributed by atoms with van der Waals surface area (Å²) in [7, 11) is 3.81. The molecule has 0 fully saturated rings. The lowest BCUT2D eigenvalue weighted by Crippen LogP contribution is -2.13. The van der Waals surface area contributed by atoms with Crippen molar-refractivity contribution in [2.24, 2.45) is 0 Å². The Kier molecular flexibility index (Phi) is 4.62. The minimum atomic E-state index is -1.04. The normalized spacial score (nSPS) is 10.7. The highest BCUT2D eigenvalue weighted by Gasteiger charge is 2.14. The van der Waals surface area contributed by atoms with E-state index in [1.165, 1.54) is 12.1 Å². The van der Waals surface area contributed by atoms with Crippen molar-refractivity contribution in [1.82, 2.24) is 4.90 Å². The van der Waals surface area contributed by atoms with E-state index in [-0.39, 0.29) is 11.3 Å². The molecular formula is C16H18N2O4. The number of amides is 1.